The van der Waals surface area contributed by atoms with E-state index in [-0.39, 0.29) is 17.7 Å². The maximum absolute atomic E-state index is 13.3. The summed E-state index contributed by atoms with van der Waals surface area (Å²) >= 11 is 0. The largest absolute Gasteiger partial charge is 0.341 e. The molecule has 0 bridgehead atoms. The lowest BCUT2D eigenvalue weighted by atomic mass is 9.91. The van der Waals surface area contributed by atoms with Gasteiger partial charge in [-0.15, -0.1) is 0 Å². The van der Waals surface area contributed by atoms with Crippen molar-refractivity contribution in [3.05, 3.63) is 78.4 Å². The number of aryl methyl sites for hydroxylation is 1. The third-order valence-corrected chi connectivity index (χ3v) is 5.90. The number of rotatable bonds is 5. The summed E-state index contributed by atoms with van der Waals surface area (Å²) in [7, 11) is 1.85. The quantitative estimate of drug-likeness (QED) is 0.642. The molecule has 1 fully saturated rings. The number of nitrogens with zero attached hydrogens (tertiary/aromatic N) is 4. The SMILES string of the molecule is CCN1CCN(C(=O)c2cn(C)cn2)CC(Cc2ccccc2-c2ccccc2)C1=O. The summed E-state index contributed by atoms with van der Waals surface area (Å²) in [6.07, 6.45) is 3.95. The second kappa shape index (κ2) is 9.16. The fourth-order valence-electron chi connectivity index (χ4n) is 4.24. The Hall–Kier alpha value is -3.41. The Kier molecular flexibility index (Phi) is 6.16. The molecule has 1 atom stereocenters. The number of carbonyl (C=O) groups is 2. The van der Waals surface area contributed by atoms with Crippen molar-refractivity contribution in [2.75, 3.05) is 26.2 Å². The molecule has 1 aliphatic rings. The molecule has 0 aliphatic carbocycles. The molecule has 6 heteroatoms. The molecule has 2 amide bonds. The lowest BCUT2D eigenvalue weighted by Crippen LogP contribution is -2.38. The van der Waals surface area contributed by atoms with Crippen LogP contribution >= 0.6 is 0 Å². The summed E-state index contributed by atoms with van der Waals surface area (Å²) in [5, 5.41) is 0. The summed E-state index contributed by atoms with van der Waals surface area (Å²) < 4.78 is 1.77. The number of hydrogen-bond acceptors (Lipinski definition) is 3. The molecule has 3 aromatic rings. The number of likely N-dealkylation sites (N-methyl/N-ethyl adjacent to an activating group) is 1. The average Bonchev–Trinajstić information content (AvgIpc) is 3.17. The molecule has 160 valence electrons. The van der Waals surface area contributed by atoms with Crippen LogP contribution in [0.3, 0.4) is 0 Å². The molecule has 0 spiro atoms. The van der Waals surface area contributed by atoms with Crippen LogP contribution in [-0.4, -0.2) is 57.3 Å². The number of benzene rings is 2. The number of aromatic nitrogens is 2. The fourth-order valence-corrected chi connectivity index (χ4v) is 4.24. The highest BCUT2D eigenvalue weighted by Gasteiger charge is 2.33. The van der Waals surface area contributed by atoms with Crippen molar-refractivity contribution >= 4 is 11.8 Å². The van der Waals surface area contributed by atoms with Gasteiger partial charge in [0, 0.05) is 39.4 Å². The van der Waals surface area contributed by atoms with E-state index >= 15 is 0 Å². The monoisotopic (exact) mass is 416 g/mol. The van der Waals surface area contributed by atoms with Crippen molar-refractivity contribution in [1.82, 2.24) is 19.4 Å². The zero-order chi connectivity index (χ0) is 21.8. The number of amides is 2. The third kappa shape index (κ3) is 4.53. The van der Waals surface area contributed by atoms with Crippen LogP contribution in [-0.2, 0) is 18.3 Å². The van der Waals surface area contributed by atoms with Crippen molar-refractivity contribution < 1.29 is 9.59 Å². The smallest absolute Gasteiger partial charge is 0.274 e. The minimum Gasteiger partial charge on any atom is -0.341 e. The van der Waals surface area contributed by atoms with E-state index in [0.29, 0.717) is 38.3 Å². The van der Waals surface area contributed by atoms with Crippen LogP contribution in [0.4, 0.5) is 0 Å². The molecule has 0 saturated carbocycles. The van der Waals surface area contributed by atoms with Gasteiger partial charge in [-0.25, -0.2) is 4.98 Å². The molecule has 31 heavy (non-hydrogen) atoms. The molecule has 1 saturated heterocycles. The summed E-state index contributed by atoms with van der Waals surface area (Å²) in [5.41, 5.74) is 3.80. The van der Waals surface area contributed by atoms with E-state index in [4.69, 9.17) is 0 Å². The van der Waals surface area contributed by atoms with Gasteiger partial charge < -0.3 is 14.4 Å². The normalized spacial score (nSPS) is 17.0. The Bertz CT molecular complexity index is 1060. The van der Waals surface area contributed by atoms with Crippen molar-refractivity contribution in [3.63, 3.8) is 0 Å². The summed E-state index contributed by atoms with van der Waals surface area (Å²) in [6, 6.07) is 18.4. The highest BCUT2D eigenvalue weighted by atomic mass is 16.2. The van der Waals surface area contributed by atoms with Crippen molar-refractivity contribution in [1.29, 1.82) is 0 Å². The molecule has 0 radical (unpaired) electrons. The zero-order valence-corrected chi connectivity index (χ0v) is 18.1. The minimum atomic E-state index is -0.292. The van der Waals surface area contributed by atoms with Gasteiger partial charge in [-0.1, -0.05) is 54.6 Å². The van der Waals surface area contributed by atoms with Crippen LogP contribution in [0.2, 0.25) is 0 Å². The van der Waals surface area contributed by atoms with Gasteiger partial charge in [0.15, 0.2) is 0 Å². The lowest BCUT2D eigenvalue weighted by Gasteiger charge is -2.24. The number of hydrogen-bond donors (Lipinski definition) is 0. The topological polar surface area (TPSA) is 58.4 Å². The van der Waals surface area contributed by atoms with E-state index < -0.39 is 0 Å². The molecule has 0 N–H and O–H groups in total. The van der Waals surface area contributed by atoms with Gasteiger partial charge in [-0.2, -0.15) is 0 Å². The average molecular weight is 417 g/mol. The molecule has 1 aliphatic heterocycles. The summed E-state index contributed by atoms with van der Waals surface area (Å²) in [6.45, 7) is 4.09. The Morgan fingerprint density at radius 1 is 1.06 bits per heavy atom. The van der Waals surface area contributed by atoms with E-state index in [1.807, 2.05) is 49.2 Å². The van der Waals surface area contributed by atoms with Crippen LogP contribution in [0.1, 0.15) is 23.0 Å². The van der Waals surface area contributed by atoms with Crippen LogP contribution < -0.4 is 0 Å². The second-order valence-corrected chi connectivity index (χ2v) is 8.02. The first-order valence-electron chi connectivity index (χ1n) is 10.8. The molecule has 1 aromatic heterocycles. The van der Waals surface area contributed by atoms with Crippen molar-refractivity contribution in [3.8, 4) is 11.1 Å². The van der Waals surface area contributed by atoms with Gasteiger partial charge >= 0.3 is 0 Å². The first kappa shape index (κ1) is 20.8. The van der Waals surface area contributed by atoms with E-state index in [9.17, 15) is 9.59 Å². The van der Waals surface area contributed by atoms with Crippen LogP contribution in [0.25, 0.3) is 11.1 Å². The molecule has 6 nitrogen and oxygen atoms in total. The van der Waals surface area contributed by atoms with E-state index in [1.54, 1.807) is 22.0 Å². The van der Waals surface area contributed by atoms with Crippen LogP contribution in [0, 0.1) is 5.92 Å². The highest BCUT2D eigenvalue weighted by Crippen LogP contribution is 2.27. The Balaban J connectivity index is 1.62. The van der Waals surface area contributed by atoms with E-state index in [2.05, 4.69) is 29.2 Å². The molecule has 4 rings (SSSR count). The maximum atomic E-state index is 13.3. The van der Waals surface area contributed by atoms with Gasteiger partial charge in [-0.3, -0.25) is 9.59 Å². The molecular weight excluding hydrogens is 388 g/mol. The minimum absolute atomic E-state index is 0.113. The Morgan fingerprint density at radius 2 is 1.81 bits per heavy atom. The number of carbonyl (C=O) groups excluding carboxylic acids is 2. The highest BCUT2D eigenvalue weighted by molar-refractivity contribution is 5.93. The fraction of sp³-hybridized carbons (Fsp3) is 0.320. The molecular formula is C25H28N4O2. The van der Waals surface area contributed by atoms with Crippen molar-refractivity contribution in [2.45, 2.75) is 13.3 Å². The molecule has 1 unspecified atom stereocenters. The molecule has 2 heterocycles. The van der Waals surface area contributed by atoms with Gasteiger partial charge in [0.1, 0.15) is 5.69 Å². The summed E-state index contributed by atoms with van der Waals surface area (Å²) in [4.78, 5) is 34.2. The zero-order valence-electron chi connectivity index (χ0n) is 18.1. The van der Waals surface area contributed by atoms with Gasteiger partial charge in [0.25, 0.3) is 5.91 Å². The van der Waals surface area contributed by atoms with Gasteiger partial charge in [0.2, 0.25) is 5.91 Å². The Labute approximate surface area is 183 Å². The van der Waals surface area contributed by atoms with Gasteiger partial charge in [-0.05, 0) is 30.0 Å². The van der Waals surface area contributed by atoms with Gasteiger partial charge in [0.05, 0.1) is 12.2 Å². The predicted octanol–water partition coefficient (Wildman–Crippen LogP) is 3.25. The first-order valence-corrected chi connectivity index (χ1v) is 10.8. The molecule has 2 aromatic carbocycles. The second-order valence-electron chi connectivity index (χ2n) is 8.02. The van der Waals surface area contributed by atoms with Crippen LogP contribution in [0.15, 0.2) is 67.1 Å². The van der Waals surface area contributed by atoms with Crippen LogP contribution in [0.5, 0.6) is 0 Å². The lowest BCUT2D eigenvalue weighted by molar-refractivity contribution is -0.134. The van der Waals surface area contributed by atoms with E-state index in [1.165, 1.54) is 0 Å². The summed E-state index contributed by atoms with van der Waals surface area (Å²) in [5.74, 6) is -0.297. The first-order chi connectivity index (χ1) is 15.1. The van der Waals surface area contributed by atoms with Crippen molar-refractivity contribution in [2.24, 2.45) is 13.0 Å². The predicted molar refractivity (Wildman–Crippen MR) is 120 cm³/mol. The standard InChI is InChI=1S/C25H28N4O2/c1-3-28-13-14-29(25(31)23-17-27(2)18-26-23)16-21(24(28)30)15-20-11-7-8-12-22(20)19-9-5-4-6-10-19/h4-12,17-18,21H,3,13-16H2,1-2H3. The number of imidazole rings is 1. The Morgan fingerprint density at radius 3 is 2.52 bits per heavy atom. The maximum Gasteiger partial charge on any atom is 0.274 e. The van der Waals surface area contributed by atoms with E-state index in [0.717, 1.165) is 16.7 Å². The third-order valence-electron chi connectivity index (χ3n) is 5.90.